The molecule has 1 aromatic rings. The van der Waals surface area contributed by atoms with Gasteiger partial charge >= 0.3 is 0 Å². The lowest BCUT2D eigenvalue weighted by molar-refractivity contribution is 0.829. The summed E-state index contributed by atoms with van der Waals surface area (Å²) in [6, 6.07) is 5.45. The highest BCUT2D eigenvalue weighted by atomic mass is 35.5. The molecule has 0 saturated carbocycles. The first-order chi connectivity index (χ1) is 5.63. The molecule has 2 N–H and O–H groups in total. The van der Waals surface area contributed by atoms with Gasteiger partial charge in [-0.05, 0) is 37.4 Å². The summed E-state index contributed by atoms with van der Waals surface area (Å²) in [6.07, 6.45) is 0. The molecule has 64 valence electrons. The first-order valence-corrected chi connectivity index (χ1v) is 4.03. The number of hydrogen-bond acceptors (Lipinski definition) is 2. The first-order valence-electron chi connectivity index (χ1n) is 3.65. The Bertz CT molecular complexity index is 276. The van der Waals surface area contributed by atoms with Crippen molar-refractivity contribution in [2.45, 2.75) is 13.0 Å². The quantitative estimate of drug-likeness (QED) is 0.554. The summed E-state index contributed by atoms with van der Waals surface area (Å²) in [5.41, 5.74) is 7.26. The highest BCUT2D eigenvalue weighted by Gasteiger charge is 2.03. The Morgan fingerprint density at radius 2 is 2.17 bits per heavy atom. The molecule has 0 amide bonds. The second-order valence-corrected chi connectivity index (χ2v) is 3.11. The largest absolute Gasteiger partial charge is 0.399 e. The van der Waals surface area contributed by atoms with Crippen LogP contribution in [0.15, 0.2) is 23.2 Å². The minimum atomic E-state index is 0.0472. The van der Waals surface area contributed by atoms with Gasteiger partial charge in [-0.25, -0.2) is 0 Å². The Labute approximate surface area is 77.1 Å². The summed E-state index contributed by atoms with van der Waals surface area (Å²) in [6.45, 7) is 5.40. The van der Waals surface area contributed by atoms with Crippen molar-refractivity contribution >= 4 is 24.0 Å². The van der Waals surface area contributed by atoms with Crippen molar-refractivity contribution in [3.8, 4) is 0 Å². The number of rotatable bonds is 2. The van der Waals surface area contributed by atoms with E-state index in [1.165, 1.54) is 0 Å². The van der Waals surface area contributed by atoms with Gasteiger partial charge in [-0.3, -0.25) is 4.99 Å². The van der Waals surface area contributed by atoms with Gasteiger partial charge in [0.2, 0.25) is 0 Å². The summed E-state index contributed by atoms with van der Waals surface area (Å²) in [5.74, 6) is 0. The summed E-state index contributed by atoms with van der Waals surface area (Å²) in [7, 11) is 0. The van der Waals surface area contributed by atoms with E-state index in [2.05, 4.69) is 11.7 Å². The van der Waals surface area contributed by atoms with E-state index >= 15 is 0 Å². The Morgan fingerprint density at radius 1 is 1.50 bits per heavy atom. The lowest BCUT2D eigenvalue weighted by Crippen LogP contribution is -1.92. The van der Waals surface area contributed by atoms with Crippen molar-refractivity contribution in [1.29, 1.82) is 0 Å². The van der Waals surface area contributed by atoms with Crippen LogP contribution in [0.25, 0.3) is 0 Å². The van der Waals surface area contributed by atoms with E-state index in [1.54, 1.807) is 6.07 Å². The van der Waals surface area contributed by atoms with Gasteiger partial charge in [0, 0.05) is 10.7 Å². The maximum atomic E-state index is 5.81. The van der Waals surface area contributed by atoms with Crippen LogP contribution >= 0.6 is 11.6 Å². The van der Waals surface area contributed by atoms with E-state index < -0.39 is 0 Å². The van der Waals surface area contributed by atoms with E-state index in [1.807, 2.05) is 19.1 Å². The van der Waals surface area contributed by atoms with Crippen molar-refractivity contribution in [1.82, 2.24) is 0 Å². The molecule has 0 saturated heterocycles. The third-order valence-corrected chi connectivity index (χ3v) is 1.92. The fourth-order valence-corrected chi connectivity index (χ4v) is 1.23. The maximum Gasteiger partial charge on any atom is 0.0714 e. The number of hydrogen-bond donors (Lipinski definition) is 1. The second kappa shape index (κ2) is 3.59. The third kappa shape index (κ3) is 1.98. The zero-order valence-corrected chi connectivity index (χ0v) is 7.67. The van der Waals surface area contributed by atoms with Crippen LogP contribution in [0.2, 0.25) is 5.02 Å². The molecule has 2 nitrogen and oxygen atoms in total. The molecule has 0 fully saturated rings. The van der Waals surface area contributed by atoms with E-state index in [0.29, 0.717) is 10.7 Å². The third-order valence-electron chi connectivity index (χ3n) is 1.70. The highest BCUT2D eigenvalue weighted by molar-refractivity contribution is 6.30. The molecule has 0 bridgehead atoms. The molecule has 0 aliphatic carbocycles. The van der Waals surface area contributed by atoms with Gasteiger partial charge in [0.15, 0.2) is 0 Å². The molecule has 3 heteroatoms. The number of benzene rings is 1. The molecule has 0 spiro atoms. The Morgan fingerprint density at radius 3 is 2.67 bits per heavy atom. The van der Waals surface area contributed by atoms with Gasteiger partial charge in [0.25, 0.3) is 0 Å². The van der Waals surface area contributed by atoms with Crippen LogP contribution in [0.4, 0.5) is 5.69 Å². The smallest absolute Gasteiger partial charge is 0.0714 e. The molecule has 0 radical (unpaired) electrons. The summed E-state index contributed by atoms with van der Waals surface area (Å²) >= 11 is 5.81. The number of nitrogen functional groups attached to an aromatic ring is 1. The molecule has 0 aliphatic heterocycles. The van der Waals surface area contributed by atoms with Crippen molar-refractivity contribution in [3.63, 3.8) is 0 Å². The number of aliphatic imine (C=N–C) groups is 1. The van der Waals surface area contributed by atoms with Gasteiger partial charge in [-0.1, -0.05) is 11.6 Å². The highest BCUT2D eigenvalue weighted by Crippen LogP contribution is 2.23. The monoisotopic (exact) mass is 182 g/mol. The van der Waals surface area contributed by atoms with E-state index in [9.17, 15) is 0 Å². The number of nitrogens with two attached hydrogens (primary N) is 1. The number of nitrogens with zero attached hydrogens (tertiary/aromatic N) is 1. The standard InChI is InChI=1S/C9H11ClN2/c1-6(12-2)7-3-8(10)5-9(11)4-7/h3-6H,2,11H2,1H3. The molecular formula is C9H11ClN2. The van der Waals surface area contributed by atoms with Crippen LogP contribution < -0.4 is 5.73 Å². The van der Waals surface area contributed by atoms with Crippen LogP contribution in [0.1, 0.15) is 18.5 Å². The summed E-state index contributed by atoms with van der Waals surface area (Å²) < 4.78 is 0. The van der Waals surface area contributed by atoms with Gasteiger partial charge in [0.05, 0.1) is 6.04 Å². The van der Waals surface area contributed by atoms with Gasteiger partial charge in [-0.15, -0.1) is 0 Å². The molecule has 0 aromatic heterocycles. The van der Waals surface area contributed by atoms with Crippen LogP contribution in [-0.2, 0) is 0 Å². The Kier molecular flexibility index (Phi) is 2.71. The fourth-order valence-electron chi connectivity index (χ4n) is 0.982. The molecule has 12 heavy (non-hydrogen) atoms. The zero-order chi connectivity index (χ0) is 9.14. The van der Waals surface area contributed by atoms with E-state index in [0.717, 1.165) is 5.56 Å². The minimum Gasteiger partial charge on any atom is -0.399 e. The topological polar surface area (TPSA) is 38.4 Å². The number of halogens is 1. The number of anilines is 1. The predicted molar refractivity (Wildman–Crippen MR) is 53.8 cm³/mol. The van der Waals surface area contributed by atoms with Crippen LogP contribution in [0.5, 0.6) is 0 Å². The van der Waals surface area contributed by atoms with Crippen molar-refractivity contribution in [2.75, 3.05) is 5.73 Å². The SMILES string of the molecule is C=NC(C)c1cc(N)cc(Cl)c1. The Balaban J connectivity index is 3.08. The summed E-state index contributed by atoms with van der Waals surface area (Å²) in [5, 5.41) is 0.639. The molecule has 1 rings (SSSR count). The summed E-state index contributed by atoms with van der Waals surface area (Å²) in [4.78, 5) is 3.88. The first kappa shape index (κ1) is 9.07. The van der Waals surface area contributed by atoms with Crippen molar-refractivity contribution in [3.05, 3.63) is 28.8 Å². The van der Waals surface area contributed by atoms with E-state index in [4.69, 9.17) is 17.3 Å². The van der Waals surface area contributed by atoms with Gasteiger partial charge in [-0.2, -0.15) is 0 Å². The van der Waals surface area contributed by atoms with Crippen LogP contribution in [0, 0.1) is 0 Å². The lowest BCUT2D eigenvalue weighted by Gasteiger charge is -2.06. The van der Waals surface area contributed by atoms with Crippen molar-refractivity contribution < 1.29 is 0 Å². The molecule has 1 unspecified atom stereocenters. The molecule has 0 aliphatic rings. The van der Waals surface area contributed by atoms with Crippen molar-refractivity contribution in [2.24, 2.45) is 4.99 Å². The van der Waals surface area contributed by atoms with E-state index in [-0.39, 0.29) is 6.04 Å². The molecule has 1 atom stereocenters. The van der Waals surface area contributed by atoms with Crippen LogP contribution in [0.3, 0.4) is 0 Å². The normalized spacial score (nSPS) is 12.5. The lowest BCUT2D eigenvalue weighted by atomic mass is 10.1. The average Bonchev–Trinajstić information content (AvgIpc) is 2.01. The average molecular weight is 183 g/mol. The van der Waals surface area contributed by atoms with Gasteiger partial charge < -0.3 is 5.73 Å². The zero-order valence-electron chi connectivity index (χ0n) is 6.92. The second-order valence-electron chi connectivity index (χ2n) is 2.68. The maximum absolute atomic E-state index is 5.81. The Hall–Kier alpha value is -1.02. The van der Waals surface area contributed by atoms with Gasteiger partial charge in [0.1, 0.15) is 0 Å². The molecule has 1 aromatic carbocycles. The predicted octanol–water partition coefficient (Wildman–Crippen LogP) is 2.68. The van der Waals surface area contributed by atoms with Crippen LogP contribution in [-0.4, -0.2) is 6.72 Å². The fraction of sp³-hybridized carbons (Fsp3) is 0.222. The minimum absolute atomic E-state index is 0.0472. The molecule has 0 heterocycles. The molecular weight excluding hydrogens is 172 g/mol.